The highest BCUT2D eigenvalue weighted by molar-refractivity contribution is 5.21. The second-order valence-electron chi connectivity index (χ2n) is 3.64. The third-order valence-corrected chi connectivity index (χ3v) is 2.34. The van der Waals surface area contributed by atoms with E-state index in [2.05, 4.69) is 21.7 Å². The molecule has 2 heterocycles. The number of pyridine rings is 2. The highest BCUT2D eigenvalue weighted by atomic mass is 14.9. The minimum atomic E-state index is 1.19. The van der Waals surface area contributed by atoms with Crippen molar-refractivity contribution >= 4 is 0 Å². The Balaban J connectivity index is 0.000000169. The van der Waals surface area contributed by atoms with E-state index in [1.165, 1.54) is 5.69 Å². The lowest BCUT2D eigenvalue weighted by molar-refractivity contribution is -0.595. The van der Waals surface area contributed by atoms with Crippen LogP contribution in [0.15, 0.2) is 91.5 Å². The van der Waals surface area contributed by atoms with Crippen LogP contribution in [0, 0.1) is 0 Å². The van der Waals surface area contributed by atoms with Crippen molar-refractivity contribution in [2.24, 2.45) is 0 Å². The molecule has 0 bridgehead atoms. The molecule has 0 unspecified atom stereocenters. The number of nitrogens with zero attached hydrogens (tertiary/aromatic N) is 2. The van der Waals surface area contributed by atoms with Gasteiger partial charge in [-0.15, -0.1) is 0 Å². The molecule has 0 aliphatic heterocycles. The van der Waals surface area contributed by atoms with Gasteiger partial charge in [0.05, 0.1) is 0 Å². The van der Waals surface area contributed by atoms with Crippen molar-refractivity contribution in [2.45, 2.75) is 0 Å². The van der Waals surface area contributed by atoms with E-state index in [1.807, 2.05) is 67.0 Å². The molecule has 18 heavy (non-hydrogen) atoms. The van der Waals surface area contributed by atoms with Crippen LogP contribution >= 0.6 is 0 Å². The van der Waals surface area contributed by atoms with Crippen LogP contribution in [0.25, 0.3) is 5.69 Å². The second kappa shape index (κ2) is 6.97. The summed E-state index contributed by atoms with van der Waals surface area (Å²) in [5.41, 5.74) is 1.19. The third kappa shape index (κ3) is 3.83. The molecule has 0 aliphatic carbocycles. The molecule has 0 aliphatic rings. The van der Waals surface area contributed by atoms with Crippen LogP contribution in [0.4, 0.5) is 0 Å². The summed E-state index contributed by atoms with van der Waals surface area (Å²) in [5, 5.41) is 0. The Kier molecular flexibility index (Phi) is 4.64. The van der Waals surface area contributed by atoms with Gasteiger partial charge in [-0.2, -0.15) is 4.57 Å². The number of hydrogen-bond donors (Lipinski definition) is 0. The van der Waals surface area contributed by atoms with Crippen molar-refractivity contribution < 1.29 is 4.57 Å². The van der Waals surface area contributed by atoms with Crippen molar-refractivity contribution in [1.29, 1.82) is 0 Å². The van der Waals surface area contributed by atoms with Gasteiger partial charge in [0, 0.05) is 36.7 Å². The lowest BCUT2D eigenvalue weighted by Crippen LogP contribution is -2.28. The van der Waals surface area contributed by atoms with Gasteiger partial charge < -0.3 is 0 Å². The topological polar surface area (TPSA) is 16.8 Å². The van der Waals surface area contributed by atoms with Gasteiger partial charge in [-0.3, -0.25) is 4.98 Å². The molecule has 0 fully saturated rings. The first-order valence-electron chi connectivity index (χ1n) is 5.83. The molecule has 3 aromatic rings. The largest absolute Gasteiger partial charge is 0.265 e. The first-order valence-corrected chi connectivity index (χ1v) is 5.83. The van der Waals surface area contributed by atoms with Crippen molar-refractivity contribution in [3.8, 4) is 5.69 Å². The number of hydrogen-bond acceptors (Lipinski definition) is 1. The van der Waals surface area contributed by atoms with Crippen molar-refractivity contribution in [3.05, 3.63) is 91.5 Å². The van der Waals surface area contributed by atoms with Gasteiger partial charge in [0.1, 0.15) is 0 Å². The third-order valence-electron chi connectivity index (χ3n) is 2.34. The molecule has 0 saturated carbocycles. The molecule has 0 atom stereocenters. The van der Waals surface area contributed by atoms with Crippen LogP contribution in [0.3, 0.4) is 0 Å². The van der Waals surface area contributed by atoms with E-state index in [4.69, 9.17) is 0 Å². The molecule has 2 heteroatoms. The monoisotopic (exact) mass is 235 g/mol. The van der Waals surface area contributed by atoms with Gasteiger partial charge >= 0.3 is 0 Å². The number of rotatable bonds is 1. The summed E-state index contributed by atoms with van der Waals surface area (Å²) >= 11 is 0. The number of benzene rings is 1. The lowest BCUT2D eigenvalue weighted by Gasteiger charge is -1.92. The normalized spacial score (nSPS) is 9.11. The summed E-state index contributed by atoms with van der Waals surface area (Å²) in [7, 11) is 0. The highest BCUT2D eigenvalue weighted by Gasteiger charge is 1.99. The van der Waals surface area contributed by atoms with Crippen LogP contribution < -0.4 is 4.57 Å². The van der Waals surface area contributed by atoms with Gasteiger partial charge in [-0.1, -0.05) is 30.3 Å². The first-order chi connectivity index (χ1) is 8.97. The van der Waals surface area contributed by atoms with E-state index in [-0.39, 0.29) is 0 Å². The molecule has 3 rings (SSSR count). The number of para-hydroxylation sites is 1. The number of aromatic nitrogens is 2. The zero-order valence-corrected chi connectivity index (χ0v) is 10.1. The maximum atomic E-state index is 3.78. The van der Waals surface area contributed by atoms with E-state index in [1.54, 1.807) is 12.4 Å². The van der Waals surface area contributed by atoms with E-state index in [0.717, 1.165) is 0 Å². The maximum Gasteiger partial charge on any atom is 0.210 e. The molecule has 2 nitrogen and oxygen atoms in total. The van der Waals surface area contributed by atoms with Crippen molar-refractivity contribution in [1.82, 2.24) is 4.98 Å². The van der Waals surface area contributed by atoms with Gasteiger partial charge in [0.2, 0.25) is 5.69 Å². The Morgan fingerprint density at radius 2 is 1.17 bits per heavy atom. The zero-order chi connectivity index (χ0) is 12.5. The molecule has 88 valence electrons. The van der Waals surface area contributed by atoms with E-state index in [9.17, 15) is 0 Å². The minimum Gasteiger partial charge on any atom is -0.265 e. The molecule has 0 N–H and O–H groups in total. The molecule has 0 radical (unpaired) electrons. The first kappa shape index (κ1) is 12.0. The minimum absolute atomic E-state index is 1.19. The van der Waals surface area contributed by atoms with Crippen LogP contribution in [-0.4, -0.2) is 4.98 Å². The summed E-state index contributed by atoms with van der Waals surface area (Å²) in [5.74, 6) is 0. The molecule has 0 spiro atoms. The predicted molar refractivity (Wildman–Crippen MR) is 72.2 cm³/mol. The Morgan fingerprint density at radius 3 is 1.67 bits per heavy atom. The Hall–Kier alpha value is -2.48. The predicted octanol–water partition coefficient (Wildman–Crippen LogP) is 3.04. The lowest BCUT2D eigenvalue weighted by atomic mass is 10.3. The molecular weight excluding hydrogens is 220 g/mol. The zero-order valence-electron chi connectivity index (χ0n) is 10.1. The quantitative estimate of drug-likeness (QED) is 0.592. The van der Waals surface area contributed by atoms with Crippen LogP contribution in [0.1, 0.15) is 0 Å². The molecule has 0 amide bonds. The van der Waals surface area contributed by atoms with Gasteiger partial charge in [0.15, 0.2) is 12.4 Å². The smallest absolute Gasteiger partial charge is 0.210 e. The highest BCUT2D eigenvalue weighted by Crippen LogP contribution is 1.96. The van der Waals surface area contributed by atoms with E-state index < -0.39 is 0 Å². The van der Waals surface area contributed by atoms with Crippen molar-refractivity contribution in [3.63, 3.8) is 0 Å². The Labute approximate surface area is 107 Å². The fourth-order valence-corrected chi connectivity index (χ4v) is 1.48. The van der Waals surface area contributed by atoms with Crippen LogP contribution in [0.2, 0.25) is 0 Å². The Bertz CT molecular complexity index is 472. The fourth-order valence-electron chi connectivity index (χ4n) is 1.48. The summed E-state index contributed by atoms with van der Waals surface area (Å²) in [6, 6.07) is 22.0. The second-order valence-corrected chi connectivity index (χ2v) is 3.64. The average molecular weight is 235 g/mol. The van der Waals surface area contributed by atoms with Gasteiger partial charge in [-0.05, 0) is 12.1 Å². The summed E-state index contributed by atoms with van der Waals surface area (Å²) < 4.78 is 2.08. The maximum absolute atomic E-state index is 3.78. The average Bonchev–Trinajstić information content (AvgIpc) is 2.51. The Morgan fingerprint density at radius 1 is 0.611 bits per heavy atom. The van der Waals surface area contributed by atoms with Gasteiger partial charge in [-0.25, -0.2) is 0 Å². The van der Waals surface area contributed by atoms with Crippen LogP contribution in [-0.2, 0) is 0 Å². The van der Waals surface area contributed by atoms with Crippen LogP contribution in [0.5, 0.6) is 0 Å². The molecular formula is C16H15N2+. The molecule has 1 aromatic carbocycles. The molecule has 0 saturated heterocycles. The van der Waals surface area contributed by atoms with E-state index in [0.29, 0.717) is 0 Å². The standard InChI is InChI=1S/C11H10N.C5H5N/c1-3-7-11(8-4-1)12-9-5-2-6-10-12;1-2-4-6-5-3-1/h1-10H;1-5H/q+1;. The molecule has 2 aromatic heterocycles. The SMILES string of the molecule is c1ccc(-[n+]2ccccc2)cc1.c1ccncc1. The van der Waals surface area contributed by atoms with Crippen molar-refractivity contribution in [2.75, 3.05) is 0 Å². The van der Waals surface area contributed by atoms with Gasteiger partial charge in [0.25, 0.3) is 0 Å². The summed E-state index contributed by atoms with van der Waals surface area (Å²) in [6.45, 7) is 0. The summed E-state index contributed by atoms with van der Waals surface area (Å²) in [6.07, 6.45) is 7.57. The summed E-state index contributed by atoms with van der Waals surface area (Å²) in [4.78, 5) is 3.78. The van der Waals surface area contributed by atoms with E-state index >= 15 is 0 Å². The fraction of sp³-hybridized carbons (Fsp3) is 0.